The van der Waals surface area contributed by atoms with Gasteiger partial charge in [-0.3, -0.25) is 14.4 Å². The van der Waals surface area contributed by atoms with Crippen molar-refractivity contribution in [3.05, 3.63) is 125 Å². The van der Waals surface area contributed by atoms with Crippen LogP contribution in [0.5, 0.6) is 5.75 Å². The Bertz CT molecular complexity index is 2330. The number of hydrogen-bond donors (Lipinski definition) is 4. The molecule has 56 heavy (non-hydrogen) atoms. The first-order valence-electron chi connectivity index (χ1n) is 17.2. The summed E-state index contributed by atoms with van der Waals surface area (Å²) in [6.45, 7) is 0.461. The monoisotopic (exact) mass is 794 g/mol. The first kappa shape index (κ1) is 41.1. The van der Waals surface area contributed by atoms with E-state index in [9.17, 15) is 36.0 Å². The van der Waals surface area contributed by atoms with Crippen molar-refractivity contribution in [3.63, 3.8) is 0 Å². The summed E-state index contributed by atoms with van der Waals surface area (Å²) in [5, 5.41) is 11.3. The van der Waals surface area contributed by atoms with Gasteiger partial charge in [0, 0.05) is 24.4 Å². The number of benzene rings is 4. The third-order valence-corrected chi connectivity index (χ3v) is 9.75. The van der Waals surface area contributed by atoms with E-state index in [0.717, 1.165) is 24.0 Å². The van der Waals surface area contributed by atoms with Gasteiger partial charge in [-0.25, -0.2) is 17.5 Å². The van der Waals surface area contributed by atoms with Gasteiger partial charge in [-0.15, -0.1) is 0 Å². The molecule has 0 unspecified atom stereocenters. The molecule has 4 aromatic carbocycles. The molecule has 0 aliphatic carbocycles. The highest BCUT2D eigenvalue weighted by molar-refractivity contribution is 7.90. The Balaban J connectivity index is 1.46. The third-order valence-electron chi connectivity index (χ3n) is 8.60. The second-order valence-electron chi connectivity index (χ2n) is 12.6. The topological polar surface area (TPSA) is 175 Å². The summed E-state index contributed by atoms with van der Waals surface area (Å²) >= 11 is 0. The fourth-order valence-corrected chi connectivity index (χ4v) is 6.71. The number of amides is 3. The lowest BCUT2D eigenvalue weighted by Gasteiger charge is -2.20. The largest absolute Gasteiger partial charge is 0.497 e. The summed E-state index contributed by atoms with van der Waals surface area (Å²) in [4.78, 5) is 40.8. The molecule has 294 valence electrons. The maximum atomic E-state index is 15.5. The lowest BCUT2D eigenvalue weighted by Crippen LogP contribution is -2.47. The smallest absolute Gasteiger partial charge is 0.435 e. The molecule has 3 amide bonds. The molecule has 1 atom stereocenters. The van der Waals surface area contributed by atoms with E-state index in [0.29, 0.717) is 23.6 Å². The zero-order chi connectivity index (χ0) is 40.6. The Kier molecular flexibility index (Phi) is 12.9. The molecular formula is C39H38F4N6O6S. The minimum atomic E-state index is -5.04. The van der Waals surface area contributed by atoms with Crippen LogP contribution in [0.3, 0.4) is 0 Å². The highest BCUT2D eigenvalue weighted by Crippen LogP contribution is 2.33. The van der Waals surface area contributed by atoms with Crippen molar-refractivity contribution in [1.82, 2.24) is 20.4 Å². The van der Waals surface area contributed by atoms with Crippen LogP contribution in [0, 0.1) is 5.82 Å². The normalized spacial score (nSPS) is 12.1. The summed E-state index contributed by atoms with van der Waals surface area (Å²) in [6.07, 6.45) is -3.04. The fourth-order valence-electron chi connectivity index (χ4n) is 5.80. The molecule has 0 saturated heterocycles. The predicted octanol–water partition coefficient (Wildman–Crippen LogP) is 5.56. The molecule has 0 saturated carbocycles. The van der Waals surface area contributed by atoms with Crippen LogP contribution in [0.2, 0.25) is 0 Å². The predicted molar refractivity (Wildman–Crippen MR) is 201 cm³/mol. The average molecular weight is 795 g/mol. The molecule has 17 heteroatoms. The van der Waals surface area contributed by atoms with Gasteiger partial charge in [-0.1, -0.05) is 54.6 Å². The molecule has 1 aromatic heterocycles. The highest BCUT2D eigenvalue weighted by atomic mass is 32.2. The van der Waals surface area contributed by atoms with Crippen LogP contribution >= 0.6 is 0 Å². The Morgan fingerprint density at radius 1 is 0.929 bits per heavy atom. The first-order valence-corrected chi connectivity index (χ1v) is 19.1. The second kappa shape index (κ2) is 17.6. The second-order valence-corrected chi connectivity index (χ2v) is 14.6. The van der Waals surface area contributed by atoms with Gasteiger partial charge in [0.2, 0.25) is 5.91 Å². The fraction of sp³-hybridized carbons (Fsp3) is 0.231. The van der Waals surface area contributed by atoms with Crippen LogP contribution in [-0.2, 0) is 27.2 Å². The quantitative estimate of drug-likeness (QED) is 0.0998. The van der Waals surface area contributed by atoms with Gasteiger partial charge in [0.15, 0.2) is 15.5 Å². The van der Waals surface area contributed by atoms with Crippen molar-refractivity contribution < 1.29 is 45.1 Å². The number of aromatic nitrogens is 2. The standard InChI is InChI=1S/C39H38F4N6O6S/c1-55-26-15-17-32(28(22-26)36(50)47-31(12-8-19-44)37(51)45-20-18-24-9-4-3-5-10-24)49-33(23-35(48-49)39(41,42)43)38(52)46-30-16-14-25(21-29(30)40)27-11-6-7-13-34(27)56(2,53)54/h3-7,9-11,13-17,21-23,31H,8,12,18-20,44H2,1-2H3,(H,45,51)(H,46,52)(H,47,50)/t31-/m0/s1. The number of carbonyl (C=O) groups is 3. The Hall–Kier alpha value is -6.07. The molecule has 5 rings (SSSR count). The lowest BCUT2D eigenvalue weighted by molar-refractivity contribution is -0.141. The number of sulfone groups is 1. The van der Waals surface area contributed by atoms with E-state index in [1.54, 1.807) is 6.07 Å². The SMILES string of the molecule is COc1ccc(-n2nc(C(F)(F)F)cc2C(=O)Nc2ccc(-c3ccccc3S(C)(=O)=O)cc2F)c(C(=O)N[C@@H](CCCN)C(=O)NCCc2ccccc2)c1. The van der Waals surface area contributed by atoms with Crippen LogP contribution in [0.15, 0.2) is 102 Å². The van der Waals surface area contributed by atoms with Crippen molar-refractivity contribution in [2.45, 2.75) is 36.4 Å². The Morgan fingerprint density at radius 2 is 1.64 bits per heavy atom. The third kappa shape index (κ3) is 9.96. The molecule has 5 aromatic rings. The number of nitrogens with two attached hydrogens (primary N) is 1. The number of nitrogens with zero attached hydrogens (tertiary/aromatic N) is 2. The van der Waals surface area contributed by atoms with Crippen molar-refractivity contribution in [2.75, 3.05) is 31.8 Å². The van der Waals surface area contributed by atoms with Gasteiger partial charge in [0.1, 0.15) is 23.3 Å². The van der Waals surface area contributed by atoms with E-state index in [4.69, 9.17) is 10.5 Å². The summed E-state index contributed by atoms with van der Waals surface area (Å²) in [6, 6.07) is 21.8. The van der Waals surface area contributed by atoms with Gasteiger partial charge >= 0.3 is 6.18 Å². The summed E-state index contributed by atoms with van der Waals surface area (Å²) in [5.74, 6) is -3.53. The van der Waals surface area contributed by atoms with E-state index >= 15 is 4.39 Å². The van der Waals surface area contributed by atoms with E-state index < -0.39 is 62.7 Å². The molecule has 5 N–H and O–H groups in total. The zero-order valence-corrected chi connectivity index (χ0v) is 31.0. The van der Waals surface area contributed by atoms with Crippen LogP contribution in [0.1, 0.15) is 44.9 Å². The molecule has 0 aliphatic heterocycles. The molecule has 0 bridgehead atoms. The zero-order valence-electron chi connectivity index (χ0n) is 30.2. The number of anilines is 1. The Labute approximate surface area is 320 Å². The first-order chi connectivity index (χ1) is 26.6. The minimum absolute atomic E-state index is 0.0616. The number of nitrogens with one attached hydrogen (secondary N) is 3. The lowest BCUT2D eigenvalue weighted by atomic mass is 10.0. The van der Waals surface area contributed by atoms with Crippen LogP contribution in [0.25, 0.3) is 16.8 Å². The highest BCUT2D eigenvalue weighted by Gasteiger charge is 2.37. The molecule has 0 spiro atoms. The molecular weight excluding hydrogens is 757 g/mol. The molecule has 0 aliphatic rings. The number of hydrogen-bond acceptors (Lipinski definition) is 8. The van der Waals surface area contributed by atoms with Crippen molar-refractivity contribution in [1.29, 1.82) is 0 Å². The summed E-state index contributed by atoms with van der Waals surface area (Å²) < 4.78 is 88.2. The number of carbonyl (C=O) groups excluding carboxylic acids is 3. The van der Waals surface area contributed by atoms with Crippen molar-refractivity contribution in [2.24, 2.45) is 5.73 Å². The maximum Gasteiger partial charge on any atom is 0.435 e. The molecule has 0 fully saturated rings. The van der Waals surface area contributed by atoms with Gasteiger partial charge in [-0.05, 0) is 73.3 Å². The molecule has 12 nitrogen and oxygen atoms in total. The maximum absolute atomic E-state index is 15.5. The average Bonchev–Trinajstić information content (AvgIpc) is 3.64. The van der Waals surface area contributed by atoms with Gasteiger partial charge in [0.05, 0.1) is 28.9 Å². The number of rotatable bonds is 15. The number of ether oxygens (including phenoxy) is 1. The van der Waals surface area contributed by atoms with Crippen molar-refractivity contribution >= 4 is 33.2 Å². The van der Waals surface area contributed by atoms with Crippen LogP contribution in [0.4, 0.5) is 23.2 Å². The van der Waals surface area contributed by atoms with Gasteiger partial charge in [0.25, 0.3) is 11.8 Å². The van der Waals surface area contributed by atoms with Crippen LogP contribution in [-0.4, -0.2) is 68.4 Å². The number of methoxy groups -OCH3 is 1. The van der Waals surface area contributed by atoms with E-state index in [1.165, 1.54) is 49.6 Å². The number of alkyl halides is 3. The van der Waals surface area contributed by atoms with Gasteiger partial charge in [-0.2, -0.15) is 18.3 Å². The van der Waals surface area contributed by atoms with E-state index in [2.05, 4.69) is 21.0 Å². The van der Waals surface area contributed by atoms with Gasteiger partial charge < -0.3 is 26.4 Å². The Morgan fingerprint density at radius 3 is 2.30 bits per heavy atom. The van der Waals surface area contributed by atoms with Crippen LogP contribution < -0.4 is 26.4 Å². The van der Waals surface area contributed by atoms with E-state index in [-0.39, 0.29) is 52.5 Å². The molecule has 1 heterocycles. The minimum Gasteiger partial charge on any atom is -0.497 e. The van der Waals surface area contributed by atoms with E-state index in [1.807, 2.05) is 30.3 Å². The summed E-state index contributed by atoms with van der Waals surface area (Å²) in [7, 11) is -2.40. The molecule has 0 radical (unpaired) electrons. The number of halogens is 4. The summed E-state index contributed by atoms with van der Waals surface area (Å²) in [5.41, 5.74) is 3.78. The van der Waals surface area contributed by atoms with Crippen molar-refractivity contribution in [3.8, 4) is 22.6 Å².